The third-order valence-electron chi connectivity index (χ3n) is 5.58. The molecule has 27 heavy (non-hydrogen) atoms. The van der Waals surface area contributed by atoms with Crippen molar-refractivity contribution < 1.29 is 9.53 Å². The molecule has 3 N–H and O–H groups in total. The van der Waals surface area contributed by atoms with E-state index < -0.39 is 11.0 Å². The van der Waals surface area contributed by atoms with Crippen LogP contribution in [0.3, 0.4) is 0 Å². The van der Waals surface area contributed by atoms with E-state index in [2.05, 4.69) is 5.32 Å². The fourth-order valence-corrected chi connectivity index (χ4v) is 3.75. The molecule has 1 aliphatic carbocycles. The average molecular weight is 441 g/mol. The van der Waals surface area contributed by atoms with Gasteiger partial charge >= 0.3 is 0 Å². The highest BCUT2D eigenvalue weighted by atomic mass is 35.5. The monoisotopic (exact) mass is 439 g/mol. The van der Waals surface area contributed by atoms with Crippen molar-refractivity contribution in [3.63, 3.8) is 0 Å². The summed E-state index contributed by atoms with van der Waals surface area (Å²) >= 11 is 6.33. The summed E-state index contributed by atoms with van der Waals surface area (Å²) in [7, 11) is 3.94. The Morgan fingerprint density at radius 1 is 1.37 bits per heavy atom. The highest BCUT2D eigenvalue weighted by Crippen LogP contribution is 2.49. The number of nitrogens with two attached hydrogens (primary N) is 1. The van der Waals surface area contributed by atoms with E-state index in [1.165, 1.54) is 0 Å². The van der Waals surface area contributed by atoms with Gasteiger partial charge in [-0.3, -0.25) is 4.79 Å². The second-order valence-corrected chi connectivity index (χ2v) is 7.96. The molecule has 0 heterocycles. The van der Waals surface area contributed by atoms with Gasteiger partial charge in [-0.25, -0.2) is 0 Å². The normalized spacial score (nSPS) is 24.2. The van der Waals surface area contributed by atoms with Gasteiger partial charge in [0.2, 0.25) is 5.91 Å². The van der Waals surface area contributed by atoms with Gasteiger partial charge in [0.25, 0.3) is 0 Å². The van der Waals surface area contributed by atoms with E-state index >= 15 is 0 Å². The van der Waals surface area contributed by atoms with Crippen LogP contribution < -0.4 is 11.1 Å². The summed E-state index contributed by atoms with van der Waals surface area (Å²) in [6.07, 6.45) is 0.555. The van der Waals surface area contributed by atoms with Crippen molar-refractivity contribution in [3.05, 3.63) is 34.9 Å². The molecule has 1 aromatic carbocycles. The minimum atomic E-state index is -0.913. The Bertz CT molecular complexity index is 628. The summed E-state index contributed by atoms with van der Waals surface area (Å²) in [6, 6.07) is 7.67. The van der Waals surface area contributed by atoms with Crippen LogP contribution in [0, 0.1) is 5.41 Å². The predicted molar refractivity (Wildman–Crippen MR) is 116 cm³/mol. The van der Waals surface area contributed by atoms with Crippen LogP contribution in [0.1, 0.15) is 38.8 Å². The first-order valence-corrected chi connectivity index (χ1v) is 9.12. The summed E-state index contributed by atoms with van der Waals surface area (Å²) in [5.74, 6) is -0.132. The molecule has 0 aliphatic heterocycles. The Labute approximate surface area is 180 Å². The zero-order valence-electron chi connectivity index (χ0n) is 16.6. The van der Waals surface area contributed by atoms with Crippen molar-refractivity contribution in [2.75, 3.05) is 27.2 Å². The minimum Gasteiger partial charge on any atom is -0.378 e. The van der Waals surface area contributed by atoms with Gasteiger partial charge in [0.15, 0.2) is 0 Å². The molecule has 0 radical (unpaired) electrons. The number of amides is 1. The van der Waals surface area contributed by atoms with Crippen molar-refractivity contribution in [2.24, 2.45) is 11.1 Å². The van der Waals surface area contributed by atoms with Gasteiger partial charge in [0.1, 0.15) is 5.54 Å². The number of halogens is 3. The fourth-order valence-electron chi connectivity index (χ4n) is 3.48. The molecule has 1 aromatic rings. The molecule has 0 aromatic heterocycles. The second-order valence-electron chi connectivity index (χ2n) is 7.55. The zero-order chi connectivity index (χ0) is 18.8. The largest absolute Gasteiger partial charge is 0.378 e. The lowest BCUT2D eigenvalue weighted by molar-refractivity contribution is -0.170. The van der Waals surface area contributed by atoms with Gasteiger partial charge in [-0.1, -0.05) is 43.6 Å². The van der Waals surface area contributed by atoms with Gasteiger partial charge < -0.3 is 20.7 Å². The molecule has 5 nitrogen and oxygen atoms in total. The molecule has 1 fully saturated rings. The molecule has 1 aliphatic rings. The van der Waals surface area contributed by atoms with Gasteiger partial charge in [-0.05, 0) is 32.6 Å². The van der Waals surface area contributed by atoms with Crippen LogP contribution in [0.2, 0.25) is 5.02 Å². The number of likely N-dealkylation sites (N-methyl/N-ethyl adjacent to an activating group) is 1. The average Bonchev–Trinajstić information content (AvgIpc) is 2.55. The number of nitrogens with one attached hydrogen (secondary N) is 1. The maximum absolute atomic E-state index is 12.8. The molecule has 8 heteroatoms. The van der Waals surface area contributed by atoms with Gasteiger partial charge in [-0.2, -0.15) is 0 Å². The van der Waals surface area contributed by atoms with E-state index in [-0.39, 0.29) is 42.9 Å². The molecule has 3 unspecified atom stereocenters. The van der Waals surface area contributed by atoms with Crippen LogP contribution in [0.5, 0.6) is 0 Å². The second kappa shape index (κ2) is 10.3. The first-order valence-electron chi connectivity index (χ1n) is 8.74. The molecule has 1 amide bonds. The third-order valence-corrected chi connectivity index (χ3v) is 5.92. The van der Waals surface area contributed by atoms with Crippen molar-refractivity contribution >= 4 is 42.3 Å². The van der Waals surface area contributed by atoms with E-state index in [0.29, 0.717) is 24.6 Å². The van der Waals surface area contributed by atoms with Gasteiger partial charge in [-0.15, -0.1) is 24.8 Å². The topological polar surface area (TPSA) is 67.6 Å². The van der Waals surface area contributed by atoms with E-state index in [0.717, 1.165) is 5.56 Å². The van der Waals surface area contributed by atoms with Gasteiger partial charge in [0, 0.05) is 30.0 Å². The SMILES string of the molecule is CCOC1CC(N)(C(=O)NCC(c2ccccc2Cl)N(C)C)C1(C)C.Cl.Cl. The molecule has 156 valence electrons. The molecule has 0 spiro atoms. The van der Waals surface area contributed by atoms with Crippen LogP contribution in [-0.2, 0) is 9.53 Å². The van der Waals surface area contributed by atoms with Crippen LogP contribution >= 0.6 is 36.4 Å². The lowest BCUT2D eigenvalue weighted by atomic mass is 9.54. The number of hydrogen-bond donors (Lipinski definition) is 2. The molecular weight excluding hydrogens is 409 g/mol. The van der Waals surface area contributed by atoms with Crippen LogP contribution in [0.4, 0.5) is 0 Å². The maximum Gasteiger partial charge on any atom is 0.240 e. The Morgan fingerprint density at radius 2 is 1.96 bits per heavy atom. The number of carbonyl (C=O) groups excluding carboxylic acids is 1. The molecule has 2 rings (SSSR count). The number of rotatable bonds is 7. The first-order chi connectivity index (χ1) is 11.6. The molecule has 1 saturated carbocycles. The summed E-state index contributed by atoms with van der Waals surface area (Å²) in [5.41, 5.74) is 6.12. The lowest BCUT2D eigenvalue weighted by Gasteiger charge is -2.57. The van der Waals surface area contributed by atoms with E-state index in [4.69, 9.17) is 22.1 Å². The van der Waals surface area contributed by atoms with Crippen LogP contribution in [0.25, 0.3) is 0 Å². The van der Waals surface area contributed by atoms with Crippen molar-refractivity contribution in [1.82, 2.24) is 10.2 Å². The number of benzene rings is 1. The van der Waals surface area contributed by atoms with Gasteiger partial charge in [0.05, 0.1) is 12.1 Å². The quantitative estimate of drug-likeness (QED) is 0.681. The Kier molecular flexibility index (Phi) is 10.1. The Balaban J connectivity index is 0.00000338. The van der Waals surface area contributed by atoms with Crippen LogP contribution in [-0.4, -0.2) is 49.7 Å². The molecule has 3 atom stereocenters. The molecule has 0 bridgehead atoms. The number of hydrogen-bond acceptors (Lipinski definition) is 4. The summed E-state index contributed by atoms with van der Waals surface area (Å²) in [5, 5.41) is 3.72. The Morgan fingerprint density at radius 3 is 2.44 bits per heavy atom. The van der Waals surface area contributed by atoms with Crippen molar-refractivity contribution in [2.45, 2.75) is 44.9 Å². The zero-order valence-corrected chi connectivity index (χ0v) is 19.0. The van der Waals surface area contributed by atoms with Crippen molar-refractivity contribution in [3.8, 4) is 0 Å². The van der Waals surface area contributed by atoms with E-state index in [1.54, 1.807) is 0 Å². The summed E-state index contributed by atoms with van der Waals surface area (Å²) in [4.78, 5) is 14.9. The van der Waals surface area contributed by atoms with Crippen LogP contribution in [0.15, 0.2) is 24.3 Å². The van der Waals surface area contributed by atoms with E-state index in [1.807, 2.05) is 64.0 Å². The Hall–Kier alpha value is -0.560. The molecular formula is C19H32Cl3N3O2. The fraction of sp³-hybridized carbons (Fsp3) is 0.632. The highest BCUT2D eigenvalue weighted by molar-refractivity contribution is 6.31. The lowest BCUT2D eigenvalue weighted by Crippen LogP contribution is -2.76. The maximum atomic E-state index is 12.8. The third kappa shape index (κ3) is 5.08. The summed E-state index contributed by atoms with van der Waals surface area (Å²) < 4.78 is 5.70. The van der Waals surface area contributed by atoms with Crippen molar-refractivity contribution in [1.29, 1.82) is 0 Å². The predicted octanol–water partition coefficient (Wildman–Crippen LogP) is 3.44. The number of ether oxygens (including phenoxy) is 1. The summed E-state index contributed by atoms with van der Waals surface area (Å²) in [6.45, 7) is 7.02. The standard InChI is InChI=1S/C19H30ClN3O2.2ClH/c1-6-25-16-11-19(21,18(16,2)3)17(24)22-12-15(23(4)5)13-9-7-8-10-14(13)20;;/h7-10,15-16H,6,11-12,21H2,1-5H3,(H,22,24);2*1H. The first kappa shape index (κ1) is 26.4. The number of carbonyl (C=O) groups is 1. The molecule has 0 saturated heterocycles. The van der Waals surface area contributed by atoms with E-state index in [9.17, 15) is 4.79 Å². The highest BCUT2D eigenvalue weighted by Gasteiger charge is 2.62. The number of nitrogens with zero attached hydrogens (tertiary/aromatic N) is 1. The smallest absolute Gasteiger partial charge is 0.240 e. The minimum absolute atomic E-state index is 0.